The summed E-state index contributed by atoms with van der Waals surface area (Å²) >= 11 is 0. The summed E-state index contributed by atoms with van der Waals surface area (Å²) in [5.74, 6) is 0.411. The van der Waals surface area contributed by atoms with Crippen LogP contribution in [0.4, 0.5) is 10.5 Å². The van der Waals surface area contributed by atoms with Gasteiger partial charge in [-0.05, 0) is 39.8 Å². The number of carbonyl (C=O) groups excluding carboxylic acids is 2. The van der Waals surface area contributed by atoms with Gasteiger partial charge in [0.05, 0.1) is 18.3 Å². The smallest absolute Gasteiger partial charge is 0.407 e. The molecule has 134 valence electrons. The van der Waals surface area contributed by atoms with Crippen LogP contribution in [0.15, 0.2) is 18.3 Å². The maximum absolute atomic E-state index is 11.9. The largest absolute Gasteiger partial charge is 0.481 e. The number of nitrogens with zero attached hydrogens (tertiary/aromatic N) is 2. The van der Waals surface area contributed by atoms with Crippen molar-refractivity contribution in [1.82, 2.24) is 15.1 Å². The Bertz CT molecular complexity index is 822. The van der Waals surface area contributed by atoms with Crippen molar-refractivity contribution in [3.05, 3.63) is 18.3 Å². The van der Waals surface area contributed by atoms with Gasteiger partial charge in [-0.2, -0.15) is 5.10 Å². The fraction of sp³-hybridized carbons (Fsp3) is 0.471. The molecule has 0 saturated heterocycles. The predicted molar refractivity (Wildman–Crippen MR) is 92.7 cm³/mol. The van der Waals surface area contributed by atoms with Gasteiger partial charge in [0, 0.05) is 11.4 Å². The average Bonchev–Trinajstić information content (AvgIpc) is 2.88. The summed E-state index contributed by atoms with van der Waals surface area (Å²) in [4.78, 5) is 23.6. The van der Waals surface area contributed by atoms with Gasteiger partial charge < -0.3 is 20.1 Å². The first-order valence-corrected chi connectivity index (χ1v) is 8.13. The maximum atomic E-state index is 11.9. The van der Waals surface area contributed by atoms with Crippen molar-refractivity contribution >= 4 is 28.6 Å². The van der Waals surface area contributed by atoms with Crippen LogP contribution in [0, 0.1) is 0 Å². The summed E-state index contributed by atoms with van der Waals surface area (Å²) < 4.78 is 12.5. The zero-order valence-corrected chi connectivity index (χ0v) is 14.8. The fourth-order valence-electron chi connectivity index (χ4n) is 2.67. The number of alkyl carbamates (subject to hydrolysis) is 1. The number of aromatic nitrogens is 2. The van der Waals surface area contributed by atoms with Crippen molar-refractivity contribution in [2.75, 3.05) is 11.9 Å². The van der Waals surface area contributed by atoms with Crippen molar-refractivity contribution in [2.24, 2.45) is 0 Å². The van der Waals surface area contributed by atoms with Gasteiger partial charge in [0.2, 0.25) is 0 Å². The third-order valence-electron chi connectivity index (χ3n) is 3.60. The van der Waals surface area contributed by atoms with Crippen LogP contribution in [-0.2, 0) is 16.1 Å². The molecule has 0 spiro atoms. The average molecular weight is 346 g/mol. The molecule has 0 radical (unpaired) electrons. The number of anilines is 1. The first-order valence-electron chi connectivity index (χ1n) is 8.13. The molecule has 1 unspecified atom stereocenters. The Morgan fingerprint density at radius 1 is 1.48 bits per heavy atom. The fourth-order valence-corrected chi connectivity index (χ4v) is 2.67. The minimum atomic E-state index is -0.553. The van der Waals surface area contributed by atoms with Crippen molar-refractivity contribution in [1.29, 1.82) is 0 Å². The highest BCUT2D eigenvalue weighted by Gasteiger charge is 2.22. The van der Waals surface area contributed by atoms with Crippen LogP contribution in [0.2, 0.25) is 0 Å². The molecule has 1 aliphatic heterocycles. The number of benzene rings is 1. The molecule has 0 bridgehead atoms. The molecule has 2 N–H and O–H groups in total. The number of hydrogen-bond acceptors (Lipinski definition) is 5. The molecule has 1 aromatic heterocycles. The number of nitrogens with one attached hydrogen (secondary N) is 2. The summed E-state index contributed by atoms with van der Waals surface area (Å²) in [6.07, 6.45) is 1.24. The van der Waals surface area contributed by atoms with Crippen LogP contribution in [-0.4, -0.2) is 40.0 Å². The molecule has 3 rings (SSSR count). The lowest BCUT2D eigenvalue weighted by atomic mass is 10.2. The van der Waals surface area contributed by atoms with Gasteiger partial charge in [0.15, 0.2) is 6.61 Å². The van der Waals surface area contributed by atoms with Gasteiger partial charge in [0.25, 0.3) is 5.91 Å². The van der Waals surface area contributed by atoms with Gasteiger partial charge in [0.1, 0.15) is 17.0 Å². The second-order valence-electron chi connectivity index (χ2n) is 7.09. The molecule has 2 heterocycles. The lowest BCUT2D eigenvalue weighted by molar-refractivity contribution is -0.118. The van der Waals surface area contributed by atoms with Crippen LogP contribution in [0.25, 0.3) is 10.9 Å². The Labute approximate surface area is 145 Å². The number of carbonyl (C=O) groups is 2. The van der Waals surface area contributed by atoms with E-state index in [2.05, 4.69) is 15.7 Å². The summed E-state index contributed by atoms with van der Waals surface area (Å²) in [6.45, 7) is 7.73. The van der Waals surface area contributed by atoms with Crippen molar-refractivity contribution in [2.45, 2.75) is 45.9 Å². The summed E-state index contributed by atoms with van der Waals surface area (Å²) in [5.41, 5.74) is 0.821. The summed E-state index contributed by atoms with van der Waals surface area (Å²) in [6, 6.07) is 3.49. The van der Waals surface area contributed by atoms with Gasteiger partial charge in [-0.25, -0.2) is 4.79 Å². The third-order valence-corrected chi connectivity index (χ3v) is 3.60. The SMILES string of the molecule is CC(Cn1ncc2ccc3c(c21)NC(=O)CO3)NC(=O)OC(C)(C)C. The lowest BCUT2D eigenvalue weighted by Gasteiger charge is -2.23. The van der Waals surface area contributed by atoms with E-state index in [4.69, 9.17) is 9.47 Å². The summed E-state index contributed by atoms with van der Waals surface area (Å²) in [7, 11) is 0. The van der Waals surface area contributed by atoms with Gasteiger partial charge >= 0.3 is 6.09 Å². The maximum Gasteiger partial charge on any atom is 0.407 e. The minimum absolute atomic E-state index is 0.00322. The number of ether oxygens (including phenoxy) is 2. The normalized spacial score (nSPS) is 15.1. The Hall–Kier alpha value is -2.77. The van der Waals surface area contributed by atoms with Crippen molar-refractivity contribution in [3.8, 4) is 5.75 Å². The van der Waals surface area contributed by atoms with E-state index >= 15 is 0 Å². The van der Waals surface area contributed by atoms with E-state index in [9.17, 15) is 9.59 Å². The van der Waals surface area contributed by atoms with E-state index in [0.717, 1.165) is 10.9 Å². The topological polar surface area (TPSA) is 94.5 Å². The zero-order valence-electron chi connectivity index (χ0n) is 14.8. The highest BCUT2D eigenvalue weighted by Crippen LogP contribution is 2.35. The monoisotopic (exact) mass is 346 g/mol. The van der Waals surface area contributed by atoms with E-state index in [1.807, 2.05) is 39.8 Å². The molecule has 8 heteroatoms. The molecule has 0 aliphatic carbocycles. The Kier molecular flexibility index (Phi) is 4.28. The zero-order chi connectivity index (χ0) is 18.2. The van der Waals surface area contributed by atoms with Crippen LogP contribution in [0.5, 0.6) is 5.75 Å². The highest BCUT2D eigenvalue weighted by molar-refractivity contribution is 6.05. The summed E-state index contributed by atoms with van der Waals surface area (Å²) in [5, 5.41) is 10.9. The molecule has 2 aromatic rings. The molecule has 1 aliphatic rings. The first kappa shape index (κ1) is 17.1. The van der Waals surface area contributed by atoms with E-state index in [1.165, 1.54) is 0 Å². The standard InChI is InChI=1S/C17H22N4O4/c1-10(19-16(23)25-17(2,3)4)8-21-15-11(7-18-21)5-6-12-14(15)20-13(22)9-24-12/h5-7,10H,8-9H2,1-4H3,(H,19,23)(H,20,22). The van der Waals surface area contributed by atoms with Crippen molar-refractivity contribution in [3.63, 3.8) is 0 Å². The predicted octanol–water partition coefficient (Wildman–Crippen LogP) is 2.28. The second kappa shape index (κ2) is 6.27. The van der Waals surface area contributed by atoms with Gasteiger partial charge in [-0.3, -0.25) is 9.48 Å². The molecule has 1 atom stereocenters. The first-order chi connectivity index (χ1) is 11.7. The van der Waals surface area contributed by atoms with Gasteiger partial charge in [-0.1, -0.05) is 0 Å². The number of fused-ring (bicyclic) bond motifs is 3. The lowest BCUT2D eigenvalue weighted by Crippen LogP contribution is -2.39. The Morgan fingerprint density at radius 3 is 2.96 bits per heavy atom. The van der Waals surface area contributed by atoms with Crippen LogP contribution >= 0.6 is 0 Å². The van der Waals surface area contributed by atoms with Gasteiger partial charge in [-0.15, -0.1) is 0 Å². The Balaban J connectivity index is 1.80. The van der Waals surface area contributed by atoms with Crippen LogP contribution < -0.4 is 15.4 Å². The number of rotatable bonds is 3. The second-order valence-corrected chi connectivity index (χ2v) is 7.09. The van der Waals surface area contributed by atoms with Crippen LogP contribution in [0.1, 0.15) is 27.7 Å². The minimum Gasteiger partial charge on any atom is -0.481 e. The molecule has 8 nitrogen and oxygen atoms in total. The Morgan fingerprint density at radius 2 is 2.24 bits per heavy atom. The van der Waals surface area contributed by atoms with Crippen molar-refractivity contribution < 1.29 is 19.1 Å². The molecule has 0 saturated carbocycles. The molecule has 0 fully saturated rings. The molecule has 1 aromatic carbocycles. The number of amides is 2. The molecular weight excluding hydrogens is 324 g/mol. The van der Waals surface area contributed by atoms with E-state index < -0.39 is 11.7 Å². The van der Waals surface area contributed by atoms with E-state index in [-0.39, 0.29) is 18.6 Å². The molecular formula is C17H22N4O4. The number of hydrogen-bond donors (Lipinski definition) is 2. The van der Waals surface area contributed by atoms with E-state index in [1.54, 1.807) is 10.9 Å². The van der Waals surface area contributed by atoms with E-state index in [0.29, 0.717) is 18.0 Å². The molecule has 25 heavy (non-hydrogen) atoms. The molecule has 2 amide bonds. The highest BCUT2D eigenvalue weighted by atomic mass is 16.6. The quantitative estimate of drug-likeness (QED) is 0.889. The third kappa shape index (κ3) is 3.84. The van der Waals surface area contributed by atoms with Crippen LogP contribution in [0.3, 0.4) is 0 Å².